The minimum Gasteiger partial charge on any atom is -0.495 e. The zero-order valence-corrected chi connectivity index (χ0v) is 10.2. The van der Waals surface area contributed by atoms with Crippen molar-refractivity contribution < 1.29 is 9.15 Å². The van der Waals surface area contributed by atoms with E-state index in [1.54, 1.807) is 13.0 Å². The summed E-state index contributed by atoms with van der Waals surface area (Å²) in [4.78, 5) is 11.7. The molecule has 3 heteroatoms. The first-order valence-electron chi connectivity index (χ1n) is 5.46. The zero-order valence-electron chi connectivity index (χ0n) is 10.2. The van der Waals surface area contributed by atoms with Crippen molar-refractivity contribution in [1.82, 2.24) is 0 Å². The molecule has 0 bridgehead atoms. The van der Waals surface area contributed by atoms with Gasteiger partial charge in [0.05, 0.1) is 7.11 Å². The molecule has 3 nitrogen and oxygen atoms in total. The minimum absolute atomic E-state index is 0.243. The van der Waals surface area contributed by atoms with Crippen molar-refractivity contribution >= 4 is 0 Å². The largest absolute Gasteiger partial charge is 0.495 e. The Labute approximate surface area is 105 Å². The van der Waals surface area contributed by atoms with Gasteiger partial charge in [-0.2, -0.15) is 0 Å². The molecule has 0 spiro atoms. The summed E-state index contributed by atoms with van der Waals surface area (Å²) in [7, 11) is 1.50. The van der Waals surface area contributed by atoms with Crippen LogP contribution in [0.1, 0.15) is 16.9 Å². The normalized spacial score (nSPS) is 9.44. The van der Waals surface area contributed by atoms with Crippen LogP contribution in [0.4, 0.5) is 0 Å². The first-order chi connectivity index (χ1) is 8.70. The van der Waals surface area contributed by atoms with Gasteiger partial charge in [-0.05, 0) is 19.1 Å². The van der Waals surface area contributed by atoms with Gasteiger partial charge in [0.2, 0.25) is 0 Å². The van der Waals surface area contributed by atoms with E-state index in [1.807, 2.05) is 30.3 Å². The molecule has 0 saturated heterocycles. The molecule has 0 saturated carbocycles. The highest BCUT2D eigenvalue weighted by Gasteiger charge is 2.08. The number of hydrogen-bond donors (Lipinski definition) is 0. The van der Waals surface area contributed by atoms with Crippen LogP contribution in [-0.2, 0) is 0 Å². The first-order valence-corrected chi connectivity index (χ1v) is 5.46. The molecule has 0 aliphatic carbocycles. The van der Waals surface area contributed by atoms with Crippen LogP contribution in [0.25, 0.3) is 0 Å². The van der Waals surface area contributed by atoms with Crippen molar-refractivity contribution in [2.45, 2.75) is 6.92 Å². The van der Waals surface area contributed by atoms with Crippen LogP contribution in [-0.4, -0.2) is 7.11 Å². The average Bonchev–Trinajstić information content (AvgIpc) is 2.38. The smallest absolute Gasteiger partial charge is 0.355 e. The van der Waals surface area contributed by atoms with E-state index in [0.29, 0.717) is 11.5 Å². The summed E-state index contributed by atoms with van der Waals surface area (Å²) < 4.78 is 10.1. The Kier molecular flexibility index (Phi) is 3.49. The van der Waals surface area contributed by atoms with Crippen LogP contribution in [0.5, 0.6) is 5.75 Å². The van der Waals surface area contributed by atoms with Gasteiger partial charge in [-0.15, -0.1) is 0 Å². The Morgan fingerprint density at radius 2 is 1.89 bits per heavy atom. The Balaban J connectivity index is 2.47. The molecule has 0 aliphatic heterocycles. The number of rotatable bonds is 1. The second-order valence-electron chi connectivity index (χ2n) is 3.70. The van der Waals surface area contributed by atoms with E-state index in [2.05, 4.69) is 11.8 Å². The highest BCUT2D eigenvalue weighted by atomic mass is 16.5. The third kappa shape index (κ3) is 2.61. The molecule has 1 aromatic heterocycles. The Morgan fingerprint density at radius 1 is 1.17 bits per heavy atom. The van der Waals surface area contributed by atoms with Crippen LogP contribution in [0.3, 0.4) is 0 Å². The van der Waals surface area contributed by atoms with E-state index in [-0.39, 0.29) is 5.56 Å². The van der Waals surface area contributed by atoms with Gasteiger partial charge >= 0.3 is 5.63 Å². The molecule has 2 rings (SSSR count). The predicted molar refractivity (Wildman–Crippen MR) is 68.7 cm³/mol. The van der Waals surface area contributed by atoms with Gasteiger partial charge in [0, 0.05) is 11.6 Å². The predicted octanol–water partition coefficient (Wildman–Crippen LogP) is 2.36. The summed E-state index contributed by atoms with van der Waals surface area (Å²) in [5.74, 6) is 6.64. The summed E-state index contributed by atoms with van der Waals surface area (Å²) in [6.45, 7) is 1.69. The summed E-state index contributed by atoms with van der Waals surface area (Å²) in [6.07, 6.45) is 0. The number of methoxy groups -OCH3 is 1. The second kappa shape index (κ2) is 5.24. The number of benzene rings is 1. The Hall–Kier alpha value is -2.47. The lowest BCUT2D eigenvalue weighted by Gasteiger charge is -2.01. The summed E-state index contributed by atoms with van der Waals surface area (Å²) in [5, 5.41) is 0. The third-order valence-electron chi connectivity index (χ3n) is 2.36. The van der Waals surface area contributed by atoms with Gasteiger partial charge in [0.1, 0.15) is 11.5 Å². The molecular weight excluding hydrogens is 228 g/mol. The lowest BCUT2D eigenvalue weighted by molar-refractivity contribution is 0.394. The van der Waals surface area contributed by atoms with Crippen molar-refractivity contribution in [2.75, 3.05) is 7.11 Å². The molecule has 0 amide bonds. The highest BCUT2D eigenvalue weighted by Crippen LogP contribution is 2.14. The van der Waals surface area contributed by atoms with Crippen molar-refractivity contribution in [2.24, 2.45) is 0 Å². The monoisotopic (exact) mass is 240 g/mol. The van der Waals surface area contributed by atoms with Crippen LogP contribution < -0.4 is 10.4 Å². The van der Waals surface area contributed by atoms with Crippen molar-refractivity contribution in [3.8, 4) is 17.6 Å². The van der Waals surface area contributed by atoms with Crippen LogP contribution >= 0.6 is 0 Å². The zero-order chi connectivity index (χ0) is 13.0. The molecule has 0 radical (unpaired) electrons. The maximum atomic E-state index is 11.7. The van der Waals surface area contributed by atoms with Gasteiger partial charge in [0.25, 0.3) is 0 Å². The number of ether oxygens (including phenoxy) is 1. The molecule has 0 N–H and O–H groups in total. The van der Waals surface area contributed by atoms with Gasteiger partial charge < -0.3 is 9.15 Å². The van der Waals surface area contributed by atoms with Crippen molar-refractivity contribution in [1.29, 1.82) is 0 Å². The minimum atomic E-state index is -0.477. The standard InChI is InChI=1S/C15H12O3/c1-11-10-14(17-2)13(15(16)18-11)9-8-12-6-4-3-5-7-12/h3-7,10H,1-2H3. The topological polar surface area (TPSA) is 39.4 Å². The molecular formula is C15H12O3. The van der Waals surface area contributed by atoms with Crippen LogP contribution in [0.15, 0.2) is 45.6 Å². The molecule has 1 heterocycles. The molecule has 0 fully saturated rings. The Bertz CT molecular complexity index is 658. The fraction of sp³-hybridized carbons (Fsp3) is 0.133. The molecule has 0 atom stereocenters. The van der Waals surface area contributed by atoms with Gasteiger partial charge in [0.15, 0.2) is 5.56 Å². The summed E-state index contributed by atoms with van der Waals surface area (Å²) in [5.41, 5.74) is 0.599. The van der Waals surface area contributed by atoms with Crippen LogP contribution in [0.2, 0.25) is 0 Å². The van der Waals surface area contributed by atoms with Gasteiger partial charge in [-0.1, -0.05) is 30.0 Å². The van der Waals surface area contributed by atoms with E-state index in [9.17, 15) is 4.79 Å². The third-order valence-corrected chi connectivity index (χ3v) is 2.36. The maximum absolute atomic E-state index is 11.7. The lowest BCUT2D eigenvalue weighted by atomic mass is 10.2. The van der Waals surface area contributed by atoms with E-state index < -0.39 is 5.63 Å². The van der Waals surface area contributed by atoms with Gasteiger partial charge in [-0.3, -0.25) is 0 Å². The van der Waals surface area contributed by atoms with E-state index in [1.165, 1.54) is 7.11 Å². The number of aryl methyl sites for hydroxylation is 1. The molecule has 2 aromatic rings. The fourth-order valence-corrected chi connectivity index (χ4v) is 1.51. The van der Waals surface area contributed by atoms with E-state index in [0.717, 1.165) is 5.56 Å². The van der Waals surface area contributed by atoms with Crippen molar-refractivity contribution in [3.63, 3.8) is 0 Å². The Morgan fingerprint density at radius 3 is 2.56 bits per heavy atom. The molecule has 0 aliphatic rings. The number of hydrogen-bond acceptors (Lipinski definition) is 3. The summed E-state index contributed by atoms with van der Waals surface area (Å²) >= 11 is 0. The second-order valence-corrected chi connectivity index (χ2v) is 3.70. The van der Waals surface area contributed by atoms with E-state index >= 15 is 0 Å². The van der Waals surface area contributed by atoms with Gasteiger partial charge in [-0.25, -0.2) is 4.79 Å². The molecule has 1 aromatic carbocycles. The van der Waals surface area contributed by atoms with Crippen LogP contribution in [0, 0.1) is 18.8 Å². The first kappa shape index (κ1) is 12.0. The quantitative estimate of drug-likeness (QED) is 0.718. The fourth-order valence-electron chi connectivity index (χ4n) is 1.51. The summed E-state index contributed by atoms with van der Waals surface area (Å²) in [6, 6.07) is 11.1. The highest BCUT2D eigenvalue weighted by molar-refractivity contribution is 5.48. The average molecular weight is 240 g/mol. The van der Waals surface area contributed by atoms with Crippen molar-refractivity contribution in [3.05, 3.63) is 63.7 Å². The van der Waals surface area contributed by atoms with E-state index in [4.69, 9.17) is 9.15 Å². The molecule has 90 valence electrons. The SMILES string of the molecule is COc1cc(C)oc(=O)c1C#Cc1ccccc1. The molecule has 0 unspecified atom stereocenters. The maximum Gasteiger partial charge on any atom is 0.355 e. The lowest BCUT2D eigenvalue weighted by Crippen LogP contribution is -2.07. The molecule has 18 heavy (non-hydrogen) atoms.